The van der Waals surface area contributed by atoms with Gasteiger partial charge in [-0.1, -0.05) is 12.1 Å². The number of nitrogens with zero attached hydrogens (tertiary/aromatic N) is 1. The van der Waals surface area contributed by atoms with Gasteiger partial charge in [-0.25, -0.2) is 0 Å². The second-order valence-corrected chi connectivity index (χ2v) is 5.08. The number of benzene rings is 1. The predicted octanol–water partition coefficient (Wildman–Crippen LogP) is 1.50. The van der Waals surface area contributed by atoms with Crippen molar-refractivity contribution in [2.45, 2.75) is 26.2 Å². The Morgan fingerprint density at radius 1 is 1.37 bits per heavy atom. The molecular weight excluding hydrogens is 240 g/mol. The van der Waals surface area contributed by atoms with E-state index in [2.05, 4.69) is 4.90 Å². The molecule has 1 aromatic carbocycles. The van der Waals surface area contributed by atoms with Crippen LogP contribution in [0.4, 0.5) is 0 Å². The smallest absolute Gasteiger partial charge is 0.221 e. The summed E-state index contributed by atoms with van der Waals surface area (Å²) in [5, 5.41) is 0. The SMILES string of the molecule is Cc1c(CC(N)=O)cccc1OCCN1CCCC1. The minimum absolute atomic E-state index is 0.273. The average molecular weight is 262 g/mol. The number of hydrogen-bond donors (Lipinski definition) is 1. The van der Waals surface area contributed by atoms with Gasteiger partial charge in [0.15, 0.2) is 0 Å². The summed E-state index contributed by atoms with van der Waals surface area (Å²) in [5.74, 6) is 0.551. The van der Waals surface area contributed by atoms with E-state index in [0.717, 1.165) is 23.4 Å². The van der Waals surface area contributed by atoms with Crippen LogP contribution in [0.2, 0.25) is 0 Å². The highest BCUT2D eigenvalue weighted by Gasteiger charge is 2.12. The van der Waals surface area contributed by atoms with Gasteiger partial charge in [0.05, 0.1) is 6.42 Å². The Kier molecular flexibility index (Phi) is 4.80. The Hall–Kier alpha value is -1.55. The highest BCUT2D eigenvalue weighted by atomic mass is 16.5. The van der Waals surface area contributed by atoms with Crippen LogP contribution in [0.3, 0.4) is 0 Å². The minimum Gasteiger partial charge on any atom is -0.492 e. The van der Waals surface area contributed by atoms with Crippen molar-refractivity contribution in [1.29, 1.82) is 0 Å². The Morgan fingerprint density at radius 2 is 2.11 bits per heavy atom. The molecule has 1 fully saturated rings. The van der Waals surface area contributed by atoms with Crippen molar-refractivity contribution in [2.75, 3.05) is 26.2 Å². The van der Waals surface area contributed by atoms with Crippen molar-refractivity contribution in [3.63, 3.8) is 0 Å². The summed E-state index contributed by atoms with van der Waals surface area (Å²) >= 11 is 0. The van der Waals surface area contributed by atoms with Gasteiger partial charge >= 0.3 is 0 Å². The molecule has 0 bridgehead atoms. The Bertz CT molecular complexity index is 440. The first-order chi connectivity index (χ1) is 9.16. The largest absolute Gasteiger partial charge is 0.492 e. The second-order valence-electron chi connectivity index (χ2n) is 5.08. The van der Waals surface area contributed by atoms with Crippen LogP contribution in [0.15, 0.2) is 18.2 Å². The summed E-state index contributed by atoms with van der Waals surface area (Å²) in [4.78, 5) is 13.4. The molecule has 2 N–H and O–H groups in total. The number of nitrogens with two attached hydrogens (primary N) is 1. The van der Waals surface area contributed by atoms with Crippen LogP contribution in [0.1, 0.15) is 24.0 Å². The fourth-order valence-electron chi connectivity index (χ4n) is 2.49. The van der Waals surface area contributed by atoms with Gasteiger partial charge in [-0.05, 0) is 50.0 Å². The highest BCUT2D eigenvalue weighted by molar-refractivity contribution is 5.77. The van der Waals surface area contributed by atoms with Crippen molar-refractivity contribution in [2.24, 2.45) is 5.73 Å². The third kappa shape index (κ3) is 3.96. The molecular formula is C15H22N2O2. The van der Waals surface area contributed by atoms with E-state index in [1.165, 1.54) is 25.9 Å². The van der Waals surface area contributed by atoms with Gasteiger partial charge in [0.2, 0.25) is 5.91 Å². The number of carbonyl (C=O) groups is 1. The molecule has 0 aliphatic carbocycles. The van der Waals surface area contributed by atoms with Gasteiger partial charge in [0, 0.05) is 6.54 Å². The summed E-state index contributed by atoms with van der Waals surface area (Å²) < 4.78 is 5.83. The lowest BCUT2D eigenvalue weighted by atomic mass is 10.0. The molecule has 1 heterocycles. The maximum Gasteiger partial charge on any atom is 0.221 e. The van der Waals surface area contributed by atoms with Crippen LogP contribution >= 0.6 is 0 Å². The molecule has 0 atom stereocenters. The van der Waals surface area contributed by atoms with E-state index >= 15 is 0 Å². The fraction of sp³-hybridized carbons (Fsp3) is 0.533. The fourth-order valence-corrected chi connectivity index (χ4v) is 2.49. The maximum absolute atomic E-state index is 11.0. The number of hydrogen-bond acceptors (Lipinski definition) is 3. The van der Waals surface area contributed by atoms with Gasteiger partial charge in [-0.3, -0.25) is 9.69 Å². The van der Waals surface area contributed by atoms with Crippen LogP contribution in [-0.4, -0.2) is 37.0 Å². The molecule has 104 valence electrons. The van der Waals surface area contributed by atoms with E-state index < -0.39 is 0 Å². The molecule has 0 unspecified atom stereocenters. The second kappa shape index (κ2) is 6.57. The standard InChI is InChI=1S/C15H22N2O2/c1-12-13(11-15(16)18)5-4-6-14(12)19-10-9-17-7-2-3-8-17/h4-6H,2-3,7-11H2,1H3,(H2,16,18). The van der Waals surface area contributed by atoms with Crippen molar-refractivity contribution >= 4 is 5.91 Å². The summed E-state index contributed by atoms with van der Waals surface area (Å²) in [6, 6.07) is 5.79. The first-order valence-corrected chi connectivity index (χ1v) is 6.89. The van der Waals surface area contributed by atoms with Crippen molar-refractivity contribution in [3.05, 3.63) is 29.3 Å². The van der Waals surface area contributed by atoms with E-state index in [4.69, 9.17) is 10.5 Å². The van der Waals surface area contributed by atoms with Crippen LogP contribution in [-0.2, 0) is 11.2 Å². The van der Waals surface area contributed by atoms with E-state index in [1.807, 2.05) is 25.1 Å². The summed E-state index contributed by atoms with van der Waals surface area (Å²) in [6.45, 7) is 6.01. The molecule has 4 nitrogen and oxygen atoms in total. The summed E-state index contributed by atoms with van der Waals surface area (Å²) in [7, 11) is 0. The van der Waals surface area contributed by atoms with Crippen molar-refractivity contribution in [1.82, 2.24) is 4.90 Å². The molecule has 0 radical (unpaired) electrons. The van der Waals surface area contributed by atoms with Crippen molar-refractivity contribution in [3.8, 4) is 5.75 Å². The third-order valence-electron chi connectivity index (χ3n) is 3.62. The molecule has 1 aliphatic rings. The minimum atomic E-state index is -0.308. The number of ether oxygens (including phenoxy) is 1. The van der Waals surface area contributed by atoms with E-state index in [9.17, 15) is 4.79 Å². The zero-order chi connectivity index (χ0) is 13.7. The lowest BCUT2D eigenvalue weighted by molar-refractivity contribution is -0.117. The zero-order valence-electron chi connectivity index (χ0n) is 11.5. The molecule has 1 saturated heterocycles. The Morgan fingerprint density at radius 3 is 2.79 bits per heavy atom. The van der Waals surface area contributed by atoms with Gasteiger partial charge in [-0.15, -0.1) is 0 Å². The van der Waals surface area contributed by atoms with Gasteiger partial charge < -0.3 is 10.5 Å². The average Bonchev–Trinajstić information content (AvgIpc) is 2.86. The van der Waals surface area contributed by atoms with Crippen LogP contribution in [0.5, 0.6) is 5.75 Å². The molecule has 0 aromatic heterocycles. The first-order valence-electron chi connectivity index (χ1n) is 6.89. The molecule has 4 heteroatoms. The Labute approximate surface area is 114 Å². The third-order valence-corrected chi connectivity index (χ3v) is 3.62. The first kappa shape index (κ1) is 13.9. The van der Waals surface area contributed by atoms with Gasteiger partial charge in [-0.2, -0.15) is 0 Å². The lowest BCUT2D eigenvalue weighted by Crippen LogP contribution is -2.25. The normalized spacial score (nSPS) is 15.6. The zero-order valence-corrected chi connectivity index (χ0v) is 11.5. The van der Waals surface area contributed by atoms with Crippen LogP contribution in [0.25, 0.3) is 0 Å². The molecule has 2 rings (SSSR count). The lowest BCUT2D eigenvalue weighted by Gasteiger charge is -2.16. The number of rotatable bonds is 6. The topological polar surface area (TPSA) is 55.6 Å². The molecule has 1 amide bonds. The molecule has 1 aliphatic heterocycles. The number of carbonyl (C=O) groups excluding carboxylic acids is 1. The van der Waals surface area contributed by atoms with Crippen molar-refractivity contribution < 1.29 is 9.53 Å². The van der Waals surface area contributed by atoms with Crippen LogP contribution < -0.4 is 10.5 Å². The van der Waals surface area contributed by atoms with E-state index in [0.29, 0.717) is 6.61 Å². The predicted molar refractivity (Wildman–Crippen MR) is 75.2 cm³/mol. The quantitative estimate of drug-likeness (QED) is 0.845. The summed E-state index contributed by atoms with van der Waals surface area (Å²) in [6.07, 6.45) is 2.87. The van der Waals surface area contributed by atoms with Crippen LogP contribution in [0, 0.1) is 6.92 Å². The highest BCUT2D eigenvalue weighted by Crippen LogP contribution is 2.21. The van der Waals surface area contributed by atoms with E-state index in [1.54, 1.807) is 0 Å². The number of primary amides is 1. The molecule has 0 spiro atoms. The maximum atomic E-state index is 11.0. The van der Waals surface area contributed by atoms with E-state index in [-0.39, 0.29) is 12.3 Å². The van der Waals surface area contributed by atoms with Gasteiger partial charge in [0.25, 0.3) is 0 Å². The molecule has 19 heavy (non-hydrogen) atoms. The molecule has 1 aromatic rings. The number of likely N-dealkylation sites (tertiary alicyclic amines) is 1. The monoisotopic (exact) mass is 262 g/mol. The molecule has 0 saturated carbocycles. The Balaban J connectivity index is 1.90. The summed E-state index contributed by atoms with van der Waals surface area (Å²) in [5.41, 5.74) is 7.21. The van der Waals surface area contributed by atoms with Gasteiger partial charge in [0.1, 0.15) is 12.4 Å². The number of amides is 1.